The molecule has 2 rings (SSSR count). The summed E-state index contributed by atoms with van der Waals surface area (Å²) in [4.78, 5) is 14.0. The number of amides is 1. The molecule has 1 saturated heterocycles. The van der Waals surface area contributed by atoms with Crippen LogP contribution in [0.5, 0.6) is 0 Å². The van der Waals surface area contributed by atoms with Crippen LogP contribution in [0.4, 0.5) is 0 Å². The molecule has 5 nitrogen and oxygen atoms in total. The van der Waals surface area contributed by atoms with Gasteiger partial charge in [0.2, 0.25) is 5.91 Å². The summed E-state index contributed by atoms with van der Waals surface area (Å²) in [5.41, 5.74) is 1.17. The van der Waals surface area contributed by atoms with Gasteiger partial charge < -0.3 is 10.2 Å². The summed E-state index contributed by atoms with van der Waals surface area (Å²) in [6, 6.07) is 2.01. The number of aromatic nitrogens is 2. The number of hydrogen-bond donors (Lipinski definition) is 1. The molecule has 1 unspecified atom stereocenters. The summed E-state index contributed by atoms with van der Waals surface area (Å²) in [6.45, 7) is 4.54. The van der Waals surface area contributed by atoms with Crippen molar-refractivity contribution >= 4 is 5.91 Å². The van der Waals surface area contributed by atoms with Gasteiger partial charge in [0.15, 0.2) is 0 Å². The zero-order valence-corrected chi connectivity index (χ0v) is 10.5. The van der Waals surface area contributed by atoms with E-state index in [2.05, 4.69) is 10.4 Å². The molecule has 0 aromatic carbocycles. The Bertz CT molecular complexity index is 388. The molecule has 1 aliphatic rings. The lowest BCUT2D eigenvalue weighted by Crippen LogP contribution is -2.55. The van der Waals surface area contributed by atoms with Crippen molar-refractivity contribution in [1.82, 2.24) is 20.0 Å². The van der Waals surface area contributed by atoms with Crippen LogP contribution >= 0.6 is 0 Å². The molecular formula is C12H20N4O. The highest BCUT2D eigenvalue weighted by atomic mass is 16.2. The quantitative estimate of drug-likeness (QED) is 0.811. The third-order valence-electron chi connectivity index (χ3n) is 3.35. The maximum atomic E-state index is 12.0. The number of rotatable bonds is 4. The van der Waals surface area contributed by atoms with Gasteiger partial charge in [-0.2, -0.15) is 5.10 Å². The molecule has 1 aromatic heterocycles. The first-order chi connectivity index (χ1) is 8.22. The minimum Gasteiger partial charge on any atom is -0.340 e. The Morgan fingerprint density at radius 3 is 3.06 bits per heavy atom. The lowest BCUT2D eigenvalue weighted by molar-refractivity contribution is -0.135. The summed E-state index contributed by atoms with van der Waals surface area (Å²) in [5, 5.41) is 7.38. The molecule has 94 valence electrons. The molecule has 5 heteroatoms. The maximum Gasteiger partial charge on any atom is 0.239 e. The van der Waals surface area contributed by atoms with Gasteiger partial charge in [-0.25, -0.2) is 0 Å². The third-order valence-corrected chi connectivity index (χ3v) is 3.35. The second kappa shape index (κ2) is 5.31. The van der Waals surface area contributed by atoms with Gasteiger partial charge in [-0.3, -0.25) is 9.48 Å². The Balaban J connectivity index is 1.90. The third kappa shape index (κ3) is 2.66. The molecule has 1 aromatic rings. The Hall–Kier alpha value is -1.36. The molecule has 17 heavy (non-hydrogen) atoms. The number of hydrogen-bond acceptors (Lipinski definition) is 3. The average Bonchev–Trinajstić information content (AvgIpc) is 2.74. The van der Waals surface area contributed by atoms with Crippen LogP contribution in [-0.2, 0) is 18.3 Å². The van der Waals surface area contributed by atoms with E-state index >= 15 is 0 Å². The van der Waals surface area contributed by atoms with Crippen molar-refractivity contribution in [3.63, 3.8) is 0 Å². The Morgan fingerprint density at radius 2 is 2.41 bits per heavy atom. The first kappa shape index (κ1) is 12.1. The average molecular weight is 236 g/mol. The Labute approximate surface area is 102 Å². The largest absolute Gasteiger partial charge is 0.340 e. The first-order valence-electron chi connectivity index (χ1n) is 6.21. The molecule has 2 heterocycles. The van der Waals surface area contributed by atoms with Crippen molar-refractivity contribution < 1.29 is 4.79 Å². The van der Waals surface area contributed by atoms with E-state index in [1.807, 2.05) is 29.6 Å². The van der Waals surface area contributed by atoms with Crippen LogP contribution in [-0.4, -0.2) is 46.3 Å². The van der Waals surface area contributed by atoms with E-state index in [1.165, 1.54) is 5.69 Å². The van der Waals surface area contributed by atoms with Crippen molar-refractivity contribution in [1.29, 1.82) is 0 Å². The van der Waals surface area contributed by atoms with E-state index in [0.717, 1.165) is 32.5 Å². The van der Waals surface area contributed by atoms with Crippen LogP contribution in [0.1, 0.15) is 19.0 Å². The zero-order chi connectivity index (χ0) is 12.3. The van der Waals surface area contributed by atoms with E-state index in [9.17, 15) is 4.79 Å². The van der Waals surface area contributed by atoms with Crippen LogP contribution < -0.4 is 5.32 Å². The number of piperazine rings is 1. The Morgan fingerprint density at radius 1 is 1.59 bits per heavy atom. The molecular weight excluding hydrogens is 216 g/mol. The highest BCUT2D eigenvalue weighted by Gasteiger charge is 2.26. The number of carbonyl (C=O) groups is 1. The smallest absolute Gasteiger partial charge is 0.239 e. The molecule has 1 amide bonds. The molecule has 1 N–H and O–H groups in total. The van der Waals surface area contributed by atoms with Gasteiger partial charge in [0.25, 0.3) is 0 Å². The SMILES string of the molecule is CCC1NCCN(CCc2ccnn2C)C1=O. The van der Waals surface area contributed by atoms with E-state index in [0.29, 0.717) is 0 Å². The normalized spacial score (nSPS) is 20.9. The molecule has 1 aliphatic heterocycles. The summed E-state index contributed by atoms with van der Waals surface area (Å²) < 4.78 is 1.87. The minimum absolute atomic E-state index is 0.00953. The fourth-order valence-electron chi connectivity index (χ4n) is 2.23. The van der Waals surface area contributed by atoms with Crippen LogP contribution in [0.15, 0.2) is 12.3 Å². The number of nitrogens with zero attached hydrogens (tertiary/aromatic N) is 3. The second-order valence-electron chi connectivity index (χ2n) is 4.44. The van der Waals surface area contributed by atoms with E-state index in [4.69, 9.17) is 0 Å². The highest BCUT2D eigenvalue weighted by Crippen LogP contribution is 2.06. The van der Waals surface area contributed by atoms with Crippen molar-refractivity contribution in [2.75, 3.05) is 19.6 Å². The Kier molecular flexibility index (Phi) is 3.78. The zero-order valence-electron chi connectivity index (χ0n) is 10.5. The minimum atomic E-state index is 0.00953. The summed E-state index contributed by atoms with van der Waals surface area (Å²) in [7, 11) is 1.93. The fraction of sp³-hybridized carbons (Fsp3) is 0.667. The lowest BCUT2D eigenvalue weighted by Gasteiger charge is -2.32. The number of nitrogens with one attached hydrogen (secondary N) is 1. The second-order valence-corrected chi connectivity index (χ2v) is 4.44. The van der Waals surface area contributed by atoms with Crippen LogP contribution in [0, 0.1) is 0 Å². The lowest BCUT2D eigenvalue weighted by atomic mass is 10.1. The van der Waals surface area contributed by atoms with Crippen molar-refractivity contribution in [2.24, 2.45) is 7.05 Å². The first-order valence-corrected chi connectivity index (χ1v) is 6.21. The van der Waals surface area contributed by atoms with E-state index in [1.54, 1.807) is 6.20 Å². The van der Waals surface area contributed by atoms with Crippen molar-refractivity contribution in [2.45, 2.75) is 25.8 Å². The molecule has 0 bridgehead atoms. The van der Waals surface area contributed by atoms with Gasteiger partial charge in [-0.05, 0) is 12.5 Å². The molecule has 0 aliphatic carbocycles. The summed E-state index contributed by atoms with van der Waals surface area (Å²) >= 11 is 0. The van der Waals surface area contributed by atoms with Crippen molar-refractivity contribution in [3.05, 3.63) is 18.0 Å². The van der Waals surface area contributed by atoms with Gasteiger partial charge in [0.05, 0.1) is 6.04 Å². The van der Waals surface area contributed by atoms with Crippen LogP contribution in [0.2, 0.25) is 0 Å². The van der Waals surface area contributed by atoms with Crippen molar-refractivity contribution in [3.8, 4) is 0 Å². The topological polar surface area (TPSA) is 50.2 Å². The molecule has 1 fully saturated rings. The van der Waals surface area contributed by atoms with Gasteiger partial charge in [0.1, 0.15) is 0 Å². The monoisotopic (exact) mass is 236 g/mol. The predicted molar refractivity (Wildman–Crippen MR) is 65.6 cm³/mol. The molecule has 0 spiro atoms. The molecule has 0 saturated carbocycles. The number of carbonyl (C=O) groups excluding carboxylic acids is 1. The van der Waals surface area contributed by atoms with Gasteiger partial charge >= 0.3 is 0 Å². The predicted octanol–water partition coefficient (Wildman–Crippen LogP) is 0.173. The fourth-order valence-corrected chi connectivity index (χ4v) is 2.23. The van der Waals surface area contributed by atoms with Gasteiger partial charge in [0, 0.05) is 45.0 Å². The van der Waals surface area contributed by atoms with Gasteiger partial charge in [-0.1, -0.05) is 6.92 Å². The van der Waals surface area contributed by atoms with Crippen LogP contribution in [0.25, 0.3) is 0 Å². The van der Waals surface area contributed by atoms with Gasteiger partial charge in [-0.15, -0.1) is 0 Å². The van der Waals surface area contributed by atoms with Crippen LogP contribution in [0.3, 0.4) is 0 Å². The van der Waals surface area contributed by atoms with E-state index < -0.39 is 0 Å². The molecule has 1 atom stereocenters. The molecule has 0 radical (unpaired) electrons. The standard InChI is InChI=1S/C12H20N4O/c1-3-11-12(17)16(9-7-13-11)8-5-10-4-6-14-15(10)2/h4,6,11,13H,3,5,7-9H2,1-2H3. The summed E-state index contributed by atoms with van der Waals surface area (Å²) in [5.74, 6) is 0.237. The van der Waals surface area contributed by atoms with E-state index in [-0.39, 0.29) is 11.9 Å². The number of aryl methyl sites for hydroxylation is 1. The highest BCUT2D eigenvalue weighted by molar-refractivity contribution is 5.82. The maximum absolute atomic E-state index is 12.0. The summed E-state index contributed by atoms with van der Waals surface area (Å²) in [6.07, 6.45) is 3.53.